The summed E-state index contributed by atoms with van der Waals surface area (Å²) in [4.78, 5) is 35.6. The summed E-state index contributed by atoms with van der Waals surface area (Å²) in [6.45, 7) is 10.00. The molecule has 8 nitrogen and oxygen atoms in total. The number of ether oxygens (including phenoxy) is 2. The summed E-state index contributed by atoms with van der Waals surface area (Å²) in [6.07, 6.45) is 3.23. The number of aromatic amines is 1. The van der Waals surface area contributed by atoms with Crippen molar-refractivity contribution in [1.82, 2.24) is 15.3 Å². The van der Waals surface area contributed by atoms with Gasteiger partial charge in [-0.3, -0.25) is 9.59 Å². The first-order valence-electron chi connectivity index (χ1n) is 13.0. The van der Waals surface area contributed by atoms with Crippen molar-refractivity contribution in [2.45, 2.75) is 46.1 Å². The molecule has 1 unspecified atom stereocenters. The first-order valence-corrected chi connectivity index (χ1v) is 13.0. The average Bonchev–Trinajstić information content (AvgIpc) is 2.92. The van der Waals surface area contributed by atoms with Crippen LogP contribution >= 0.6 is 0 Å². The van der Waals surface area contributed by atoms with Crippen LogP contribution in [0, 0.1) is 13.8 Å². The largest absolute Gasteiger partial charge is 0.486 e. The van der Waals surface area contributed by atoms with Gasteiger partial charge >= 0.3 is 0 Å². The third-order valence-electron chi connectivity index (χ3n) is 7.14. The van der Waals surface area contributed by atoms with Crippen LogP contribution < -0.4 is 25.2 Å². The van der Waals surface area contributed by atoms with Crippen molar-refractivity contribution in [3.8, 4) is 22.6 Å². The smallest absolute Gasteiger partial charge is 0.251 e. The molecule has 0 amide bonds. The molecule has 3 aromatic rings. The number of piperazine rings is 1. The van der Waals surface area contributed by atoms with Crippen molar-refractivity contribution in [3.05, 3.63) is 69.3 Å². The van der Waals surface area contributed by atoms with Crippen molar-refractivity contribution in [2.24, 2.45) is 0 Å². The summed E-state index contributed by atoms with van der Waals surface area (Å²) in [5.74, 6) is 2.11. The van der Waals surface area contributed by atoms with Crippen molar-refractivity contribution >= 4 is 11.6 Å². The summed E-state index contributed by atoms with van der Waals surface area (Å²) < 4.78 is 12.3. The second-order valence-corrected chi connectivity index (χ2v) is 9.82. The number of ketones is 1. The molecule has 0 spiro atoms. The Labute approximate surface area is 217 Å². The Bertz CT molecular complexity index is 1340. The van der Waals surface area contributed by atoms with E-state index in [-0.39, 0.29) is 23.9 Å². The summed E-state index contributed by atoms with van der Waals surface area (Å²) in [7, 11) is 0. The molecule has 5 rings (SSSR count). The summed E-state index contributed by atoms with van der Waals surface area (Å²) in [5, 5.41) is 3.36. The van der Waals surface area contributed by atoms with Crippen LogP contribution in [-0.2, 0) is 6.42 Å². The molecule has 37 heavy (non-hydrogen) atoms. The number of pyridine rings is 2. The molecule has 8 heteroatoms. The van der Waals surface area contributed by atoms with E-state index in [4.69, 9.17) is 14.5 Å². The highest BCUT2D eigenvalue weighted by Gasteiger charge is 2.26. The minimum Gasteiger partial charge on any atom is -0.486 e. The summed E-state index contributed by atoms with van der Waals surface area (Å²) in [6, 6.07) is 9.63. The van der Waals surface area contributed by atoms with Gasteiger partial charge in [-0.2, -0.15) is 0 Å². The molecule has 1 atom stereocenters. The SMILES string of the molecule is CCC1COc2cc(C(=O)CCc3c(C)cc(C)[nH]c3=O)cc(-c3ccc(N4CCNCC4)nc3)c2O1. The maximum atomic E-state index is 13.3. The van der Waals surface area contributed by atoms with Gasteiger partial charge in [0.05, 0.1) is 0 Å². The molecule has 2 aliphatic heterocycles. The topological polar surface area (TPSA) is 96.6 Å². The number of aromatic nitrogens is 2. The number of fused-ring (bicyclic) bond motifs is 1. The lowest BCUT2D eigenvalue weighted by Crippen LogP contribution is -2.43. The van der Waals surface area contributed by atoms with E-state index < -0.39 is 0 Å². The first kappa shape index (κ1) is 25.0. The Morgan fingerprint density at radius 2 is 1.97 bits per heavy atom. The van der Waals surface area contributed by atoms with Gasteiger partial charge in [0.15, 0.2) is 17.3 Å². The van der Waals surface area contributed by atoms with Crippen LogP contribution in [0.3, 0.4) is 0 Å². The van der Waals surface area contributed by atoms with Crippen LogP contribution in [0.5, 0.6) is 11.5 Å². The molecule has 0 radical (unpaired) electrons. The molecule has 194 valence electrons. The predicted octanol–water partition coefficient (Wildman–Crippen LogP) is 3.83. The lowest BCUT2D eigenvalue weighted by molar-refractivity contribution is 0.0885. The fourth-order valence-electron chi connectivity index (χ4n) is 4.99. The monoisotopic (exact) mass is 502 g/mol. The van der Waals surface area contributed by atoms with Gasteiger partial charge in [0.2, 0.25) is 0 Å². The van der Waals surface area contributed by atoms with Crippen LogP contribution in [0.25, 0.3) is 11.1 Å². The van der Waals surface area contributed by atoms with E-state index in [1.54, 1.807) is 6.07 Å². The van der Waals surface area contributed by atoms with Gasteiger partial charge in [-0.1, -0.05) is 6.92 Å². The van der Waals surface area contributed by atoms with E-state index >= 15 is 0 Å². The molecule has 1 fully saturated rings. The molecule has 0 aliphatic carbocycles. The molecule has 4 heterocycles. The minimum atomic E-state index is -0.130. The van der Waals surface area contributed by atoms with E-state index in [0.717, 1.165) is 60.8 Å². The predicted molar refractivity (Wildman–Crippen MR) is 144 cm³/mol. The molecule has 1 saturated heterocycles. The molecule has 2 aliphatic rings. The zero-order valence-electron chi connectivity index (χ0n) is 21.7. The Morgan fingerprint density at radius 3 is 2.68 bits per heavy atom. The van der Waals surface area contributed by atoms with Gasteiger partial charge in [0, 0.05) is 66.7 Å². The highest BCUT2D eigenvalue weighted by Crippen LogP contribution is 2.43. The zero-order chi connectivity index (χ0) is 25.9. The summed E-state index contributed by atoms with van der Waals surface area (Å²) >= 11 is 0. The minimum absolute atomic E-state index is 0.0443. The Morgan fingerprint density at radius 1 is 1.16 bits per heavy atom. The number of Topliss-reactive ketones (excluding diaryl/α,β-unsaturated/α-hetero) is 1. The first-order chi connectivity index (χ1) is 17.9. The van der Waals surface area contributed by atoms with Gasteiger partial charge in [-0.05, 0) is 62.6 Å². The highest BCUT2D eigenvalue weighted by molar-refractivity contribution is 5.99. The van der Waals surface area contributed by atoms with E-state index in [2.05, 4.69) is 22.1 Å². The van der Waals surface area contributed by atoms with Gasteiger partial charge < -0.3 is 24.7 Å². The number of carbonyl (C=O) groups excluding carboxylic acids is 1. The number of benzene rings is 1. The van der Waals surface area contributed by atoms with Gasteiger partial charge in [-0.25, -0.2) is 4.98 Å². The molecule has 2 aromatic heterocycles. The second-order valence-electron chi connectivity index (χ2n) is 9.82. The number of nitrogens with zero attached hydrogens (tertiary/aromatic N) is 2. The van der Waals surface area contributed by atoms with Crippen LogP contribution in [0.4, 0.5) is 5.82 Å². The van der Waals surface area contributed by atoms with E-state index in [9.17, 15) is 9.59 Å². The van der Waals surface area contributed by atoms with Crippen LogP contribution in [0.1, 0.15) is 46.9 Å². The Kier molecular flexibility index (Phi) is 7.28. The number of rotatable bonds is 7. The number of carbonyl (C=O) groups is 1. The molecule has 0 bridgehead atoms. The number of nitrogens with one attached hydrogen (secondary N) is 2. The summed E-state index contributed by atoms with van der Waals surface area (Å²) in [5.41, 5.74) is 4.44. The normalized spacial score (nSPS) is 17.1. The molecular weight excluding hydrogens is 468 g/mol. The van der Waals surface area contributed by atoms with Crippen LogP contribution in [0.2, 0.25) is 0 Å². The lowest BCUT2D eigenvalue weighted by atomic mass is 9.96. The lowest BCUT2D eigenvalue weighted by Gasteiger charge is -2.29. The van der Waals surface area contributed by atoms with E-state index in [1.807, 2.05) is 44.3 Å². The number of aryl methyl sites for hydroxylation is 2. The fourth-order valence-corrected chi connectivity index (χ4v) is 4.99. The van der Waals surface area contributed by atoms with Crippen molar-refractivity contribution in [2.75, 3.05) is 37.7 Å². The van der Waals surface area contributed by atoms with E-state index in [0.29, 0.717) is 35.7 Å². The van der Waals surface area contributed by atoms with E-state index in [1.165, 1.54) is 0 Å². The third kappa shape index (κ3) is 5.39. The van der Waals surface area contributed by atoms with Crippen molar-refractivity contribution < 1.29 is 14.3 Å². The fraction of sp³-hybridized carbons (Fsp3) is 0.414. The number of anilines is 1. The molecule has 1 aromatic carbocycles. The maximum absolute atomic E-state index is 13.3. The van der Waals surface area contributed by atoms with Crippen LogP contribution in [-0.4, -0.2) is 54.6 Å². The molecule has 2 N–H and O–H groups in total. The Balaban J connectivity index is 1.44. The molecular formula is C29H34N4O4. The quantitative estimate of drug-likeness (QED) is 0.474. The average molecular weight is 503 g/mol. The van der Waals surface area contributed by atoms with Gasteiger partial charge in [0.25, 0.3) is 5.56 Å². The van der Waals surface area contributed by atoms with Crippen molar-refractivity contribution in [1.29, 1.82) is 0 Å². The van der Waals surface area contributed by atoms with Gasteiger partial charge in [0.1, 0.15) is 18.5 Å². The maximum Gasteiger partial charge on any atom is 0.251 e. The van der Waals surface area contributed by atoms with Gasteiger partial charge in [-0.15, -0.1) is 0 Å². The molecule has 0 saturated carbocycles. The number of H-pyrrole nitrogens is 1. The second kappa shape index (κ2) is 10.8. The zero-order valence-corrected chi connectivity index (χ0v) is 21.7. The highest BCUT2D eigenvalue weighted by atomic mass is 16.6. The van der Waals surface area contributed by atoms with Crippen molar-refractivity contribution in [3.63, 3.8) is 0 Å². The Hall–Kier alpha value is -3.65. The standard InChI is InChI=1S/C29H34N4O4/c1-4-22-17-36-26-15-21(25(34)7-6-23-18(2)13-19(3)32-29(23)35)14-24(28(26)37-22)20-5-8-27(31-16-20)33-11-9-30-10-12-33/h5,8,13-16,22,30H,4,6-7,9-12,17H2,1-3H3,(H,32,35). The third-order valence-corrected chi connectivity index (χ3v) is 7.14. The number of hydrogen-bond donors (Lipinski definition) is 2. The van der Waals surface area contributed by atoms with Crippen LogP contribution in [0.15, 0.2) is 41.3 Å². The number of hydrogen-bond acceptors (Lipinski definition) is 7.